The first kappa shape index (κ1) is 16.0. The first-order valence-electron chi connectivity index (χ1n) is 8.44. The Morgan fingerprint density at radius 2 is 1.83 bits per heavy atom. The van der Waals surface area contributed by atoms with Gasteiger partial charge in [-0.2, -0.15) is 0 Å². The molecule has 2 saturated carbocycles. The van der Waals surface area contributed by atoms with E-state index in [0.717, 1.165) is 12.8 Å². The van der Waals surface area contributed by atoms with Gasteiger partial charge in [0.1, 0.15) is 5.54 Å². The summed E-state index contributed by atoms with van der Waals surface area (Å²) in [5, 5.41) is 16.0. The fourth-order valence-electron chi connectivity index (χ4n) is 3.21. The maximum atomic E-state index is 12.6. The van der Waals surface area contributed by atoms with E-state index in [2.05, 4.69) is 10.6 Å². The van der Waals surface area contributed by atoms with Gasteiger partial charge in [-0.3, -0.25) is 9.59 Å². The fraction of sp³-hybridized carbons (Fsp3) is 0.556. The first-order valence-corrected chi connectivity index (χ1v) is 8.44. The van der Waals surface area contributed by atoms with Crippen molar-refractivity contribution < 1.29 is 14.7 Å². The zero-order chi connectivity index (χ0) is 16.3. The van der Waals surface area contributed by atoms with Crippen molar-refractivity contribution in [3.8, 4) is 0 Å². The van der Waals surface area contributed by atoms with E-state index in [4.69, 9.17) is 0 Å². The van der Waals surface area contributed by atoms with E-state index < -0.39 is 17.6 Å². The zero-order valence-corrected chi connectivity index (χ0v) is 13.3. The molecule has 124 valence electrons. The van der Waals surface area contributed by atoms with Gasteiger partial charge in [0.15, 0.2) is 6.10 Å². The first-order chi connectivity index (χ1) is 11.1. The molecule has 3 rings (SSSR count). The predicted octanol–water partition coefficient (Wildman–Crippen LogP) is 1.68. The summed E-state index contributed by atoms with van der Waals surface area (Å²) in [5.41, 5.74) is -0.321. The van der Waals surface area contributed by atoms with Gasteiger partial charge in [-0.15, -0.1) is 0 Å². The molecule has 0 bridgehead atoms. The number of nitrogens with one attached hydrogen (secondary N) is 2. The molecule has 2 amide bonds. The van der Waals surface area contributed by atoms with Gasteiger partial charge in [0.25, 0.3) is 5.91 Å². The van der Waals surface area contributed by atoms with Crippen LogP contribution in [0.1, 0.15) is 50.2 Å². The van der Waals surface area contributed by atoms with Crippen molar-refractivity contribution in [2.24, 2.45) is 5.92 Å². The third-order valence-corrected chi connectivity index (χ3v) is 4.87. The van der Waals surface area contributed by atoms with Gasteiger partial charge in [-0.05, 0) is 37.2 Å². The van der Waals surface area contributed by atoms with Crippen LogP contribution in [-0.4, -0.2) is 29.0 Å². The average Bonchev–Trinajstić information content (AvgIpc) is 3.29. The summed E-state index contributed by atoms with van der Waals surface area (Å²) in [7, 11) is 0. The Labute approximate surface area is 136 Å². The van der Waals surface area contributed by atoms with E-state index in [1.807, 2.05) is 6.07 Å². The van der Waals surface area contributed by atoms with Crippen molar-refractivity contribution in [3.63, 3.8) is 0 Å². The number of carbonyl (C=O) groups excluding carboxylic acids is 2. The summed E-state index contributed by atoms with van der Waals surface area (Å²) in [5.74, 6) is -0.00167. The topological polar surface area (TPSA) is 78.4 Å². The van der Waals surface area contributed by atoms with E-state index in [1.165, 1.54) is 12.8 Å². The number of aliphatic hydroxyl groups is 1. The number of rotatable bonds is 6. The van der Waals surface area contributed by atoms with Crippen LogP contribution in [0.5, 0.6) is 0 Å². The minimum Gasteiger partial charge on any atom is -0.378 e. The summed E-state index contributed by atoms with van der Waals surface area (Å²) in [6.07, 6.45) is 4.20. The highest BCUT2D eigenvalue weighted by Gasteiger charge is 2.43. The molecule has 1 atom stereocenters. The number of hydrogen-bond donors (Lipinski definition) is 3. The van der Waals surface area contributed by atoms with Crippen LogP contribution in [-0.2, 0) is 9.59 Å². The molecule has 0 radical (unpaired) electrons. The Balaban J connectivity index is 1.66. The molecule has 1 aromatic carbocycles. The van der Waals surface area contributed by atoms with Crippen LogP contribution in [0.3, 0.4) is 0 Å². The molecule has 2 aliphatic rings. The molecule has 2 aliphatic carbocycles. The number of amides is 2. The van der Waals surface area contributed by atoms with Crippen LogP contribution in [0.2, 0.25) is 0 Å². The average molecular weight is 316 g/mol. The van der Waals surface area contributed by atoms with Gasteiger partial charge in [-0.1, -0.05) is 43.2 Å². The van der Waals surface area contributed by atoms with Gasteiger partial charge < -0.3 is 15.7 Å². The van der Waals surface area contributed by atoms with Gasteiger partial charge in [0, 0.05) is 6.54 Å². The molecule has 0 aromatic heterocycles. The molecule has 5 heteroatoms. The minimum atomic E-state index is -1.25. The van der Waals surface area contributed by atoms with Crippen molar-refractivity contribution in [2.45, 2.75) is 50.2 Å². The van der Waals surface area contributed by atoms with Gasteiger partial charge >= 0.3 is 0 Å². The van der Waals surface area contributed by atoms with Crippen LogP contribution in [0, 0.1) is 5.92 Å². The van der Waals surface area contributed by atoms with Crippen molar-refractivity contribution in [1.82, 2.24) is 10.6 Å². The van der Waals surface area contributed by atoms with E-state index in [9.17, 15) is 14.7 Å². The van der Waals surface area contributed by atoms with E-state index in [-0.39, 0.29) is 5.91 Å². The SMILES string of the molecule is O=C(NC1(C(=O)NCC2CC2)CCCC1)C(O)c1ccccc1. The van der Waals surface area contributed by atoms with Crippen LogP contribution in [0.15, 0.2) is 30.3 Å². The van der Waals surface area contributed by atoms with Crippen LogP contribution in [0.4, 0.5) is 0 Å². The molecule has 5 nitrogen and oxygen atoms in total. The highest BCUT2D eigenvalue weighted by atomic mass is 16.3. The van der Waals surface area contributed by atoms with E-state index in [0.29, 0.717) is 30.9 Å². The molecule has 1 aromatic rings. The summed E-state index contributed by atoms with van der Waals surface area (Å²) in [6.45, 7) is 0.692. The number of carbonyl (C=O) groups is 2. The Kier molecular flexibility index (Phi) is 4.66. The molecular formula is C18H24N2O3. The summed E-state index contributed by atoms with van der Waals surface area (Å²) in [4.78, 5) is 25.0. The molecule has 0 spiro atoms. The predicted molar refractivity (Wildman–Crippen MR) is 86.5 cm³/mol. The lowest BCUT2D eigenvalue weighted by Gasteiger charge is -2.30. The Hall–Kier alpha value is -1.88. The maximum Gasteiger partial charge on any atom is 0.254 e. The number of aliphatic hydroxyl groups excluding tert-OH is 1. The minimum absolute atomic E-state index is 0.101. The summed E-state index contributed by atoms with van der Waals surface area (Å²) >= 11 is 0. The van der Waals surface area contributed by atoms with Gasteiger partial charge in [0.05, 0.1) is 0 Å². The van der Waals surface area contributed by atoms with E-state index >= 15 is 0 Å². The molecule has 0 aliphatic heterocycles. The van der Waals surface area contributed by atoms with Crippen molar-refractivity contribution in [2.75, 3.05) is 6.54 Å². The molecule has 0 heterocycles. The largest absolute Gasteiger partial charge is 0.378 e. The summed E-state index contributed by atoms with van der Waals surface area (Å²) < 4.78 is 0. The monoisotopic (exact) mass is 316 g/mol. The van der Waals surface area contributed by atoms with Gasteiger partial charge in [0.2, 0.25) is 5.91 Å². The molecule has 1 unspecified atom stereocenters. The highest BCUT2D eigenvalue weighted by Crippen LogP contribution is 2.32. The lowest BCUT2D eigenvalue weighted by Crippen LogP contribution is -2.58. The molecular weight excluding hydrogens is 292 g/mol. The lowest BCUT2D eigenvalue weighted by molar-refractivity contribution is -0.138. The smallest absolute Gasteiger partial charge is 0.254 e. The molecule has 2 fully saturated rings. The quantitative estimate of drug-likeness (QED) is 0.747. The number of benzene rings is 1. The van der Waals surface area contributed by atoms with Crippen LogP contribution < -0.4 is 10.6 Å². The third kappa shape index (κ3) is 3.72. The van der Waals surface area contributed by atoms with Crippen molar-refractivity contribution in [1.29, 1.82) is 0 Å². The zero-order valence-electron chi connectivity index (χ0n) is 13.3. The number of hydrogen-bond acceptors (Lipinski definition) is 3. The molecule has 3 N–H and O–H groups in total. The standard InChI is InChI=1S/C18H24N2O3/c21-15(14-6-2-1-3-7-14)16(22)20-18(10-4-5-11-18)17(23)19-12-13-8-9-13/h1-3,6-7,13,15,21H,4-5,8-12H2,(H,19,23)(H,20,22). The normalized spacial score (nSPS) is 20.7. The Bertz CT molecular complexity index is 563. The van der Waals surface area contributed by atoms with Gasteiger partial charge in [-0.25, -0.2) is 0 Å². The second kappa shape index (κ2) is 6.71. The molecule has 23 heavy (non-hydrogen) atoms. The Morgan fingerprint density at radius 3 is 2.43 bits per heavy atom. The Morgan fingerprint density at radius 1 is 1.17 bits per heavy atom. The maximum absolute atomic E-state index is 12.6. The van der Waals surface area contributed by atoms with Crippen LogP contribution >= 0.6 is 0 Å². The second-order valence-electron chi connectivity index (χ2n) is 6.75. The van der Waals surface area contributed by atoms with Crippen LogP contribution in [0.25, 0.3) is 0 Å². The second-order valence-corrected chi connectivity index (χ2v) is 6.75. The summed E-state index contributed by atoms with van der Waals surface area (Å²) in [6, 6.07) is 8.80. The highest BCUT2D eigenvalue weighted by molar-refractivity contribution is 5.93. The van der Waals surface area contributed by atoms with E-state index in [1.54, 1.807) is 24.3 Å². The van der Waals surface area contributed by atoms with Crippen molar-refractivity contribution in [3.05, 3.63) is 35.9 Å². The fourth-order valence-corrected chi connectivity index (χ4v) is 3.21. The van der Waals surface area contributed by atoms with Crippen molar-refractivity contribution >= 4 is 11.8 Å². The molecule has 0 saturated heterocycles. The lowest BCUT2D eigenvalue weighted by atomic mass is 9.95. The third-order valence-electron chi connectivity index (χ3n) is 4.87.